The number of amides is 1. The van der Waals surface area contributed by atoms with Gasteiger partial charge in [0.15, 0.2) is 5.96 Å². The van der Waals surface area contributed by atoms with Gasteiger partial charge < -0.3 is 20.1 Å². The number of aromatic nitrogens is 2. The molecule has 1 fully saturated rings. The van der Waals surface area contributed by atoms with Gasteiger partial charge in [-0.05, 0) is 31.9 Å². The van der Waals surface area contributed by atoms with Gasteiger partial charge in [-0.1, -0.05) is 41.7 Å². The van der Waals surface area contributed by atoms with E-state index in [-0.39, 0.29) is 11.3 Å². The summed E-state index contributed by atoms with van der Waals surface area (Å²) in [6, 6.07) is 7.35. The van der Waals surface area contributed by atoms with Crippen LogP contribution in [0.4, 0.5) is 0 Å². The molecule has 0 atom stereocenters. The fraction of sp³-hybridized carbons (Fsp3) is 0.545. The SMILES string of the molecule is CCNC(=NCC1(C(=O)N(C)C)CCCC1)NCCc1nc(-c2cccc(Cl)c2)no1. The Morgan fingerprint density at radius 3 is 2.74 bits per heavy atom. The fourth-order valence-corrected chi connectivity index (χ4v) is 4.12. The molecule has 2 N–H and O–H groups in total. The number of halogens is 1. The summed E-state index contributed by atoms with van der Waals surface area (Å²) in [5.41, 5.74) is 0.433. The maximum absolute atomic E-state index is 12.8. The Hall–Kier alpha value is -2.61. The molecular weight excluding hydrogens is 416 g/mol. The van der Waals surface area contributed by atoms with Gasteiger partial charge in [-0.3, -0.25) is 9.79 Å². The number of carbonyl (C=O) groups excluding carboxylic acids is 1. The van der Waals surface area contributed by atoms with Crippen molar-refractivity contribution in [2.45, 2.75) is 39.0 Å². The lowest BCUT2D eigenvalue weighted by atomic mass is 9.85. The van der Waals surface area contributed by atoms with Crippen LogP contribution in [0.5, 0.6) is 0 Å². The lowest BCUT2D eigenvalue weighted by Crippen LogP contribution is -2.43. The average molecular weight is 447 g/mol. The molecule has 9 heteroatoms. The van der Waals surface area contributed by atoms with Gasteiger partial charge in [0.1, 0.15) is 0 Å². The molecule has 3 rings (SSSR count). The first-order valence-electron chi connectivity index (χ1n) is 10.8. The van der Waals surface area contributed by atoms with Crippen molar-refractivity contribution in [1.29, 1.82) is 0 Å². The van der Waals surface area contributed by atoms with Crippen LogP contribution in [0.25, 0.3) is 11.4 Å². The third-order valence-corrected chi connectivity index (χ3v) is 5.72. The standard InChI is InChI=1S/C22H31ClN6O2/c1-4-24-21(26-15-22(11-5-6-12-22)20(30)29(2)3)25-13-10-18-27-19(28-31-18)16-8-7-9-17(23)14-16/h7-9,14H,4-6,10-13,15H2,1-3H3,(H2,24,25,26). The number of hydrogen-bond donors (Lipinski definition) is 2. The lowest BCUT2D eigenvalue weighted by Gasteiger charge is -2.29. The summed E-state index contributed by atoms with van der Waals surface area (Å²) in [6.45, 7) is 3.82. The van der Waals surface area contributed by atoms with Crippen LogP contribution in [-0.4, -0.2) is 60.6 Å². The molecule has 0 spiro atoms. The lowest BCUT2D eigenvalue weighted by molar-refractivity contribution is -0.138. The van der Waals surface area contributed by atoms with Crippen LogP contribution in [0.2, 0.25) is 5.02 Å². The zero-order valence-electron chi connectivity index (χ0n) is 18.4. The second-order valence-corrected chi connectivity index (χ2v) is 8.52. The highest BCUT2D eigenvalue weighted by atomic mass is 35.5. The topological polar surface area (TPSA) is 95.7 Å². The van der Waals surface area contributed by atoms with Crippen LogP contribution in [0.1, 0.15) is 38.5 Å². The van der Waals surface area contributed by atoms with Gasteiger partial charge in [0.25, 0.3) is 0 Å². The van der Waals surface area contributed by atoms with Crippen molar-refractivity contribution in [1.82, 2.24) is 25.7 Å². The van der Waals surface area contributed by atoms with Crippen molar-refractivity contribution in [2.75, 3.05) is 33.7 Å². The van der Waals surface area contributed by atoms with E-state index in [0.29, 0.717) is 42.2 Å². The van der Waals surface area contributed by atoms with E-state index in [2.05, 4.69) is 20.8 Å². The molecule has 1 heterocycles. The van der Waals surface area contributed by atoms with Gasteiger partial charge in [0.2, 0.25) is 17.6 Å². The maximum atomic E-state index is 12.8. The largest absolute Gasteiger partial charge is 0.357 e. The smallest absolute Gasteiger partial charge is 0.230 e. The van der Waals surface area contributed by atoms with Gasteiger partial charge in [-0.15, -0.1) is 0 Å². The molecule has 1 aromatic heterocycles. The zero-order valence-corrected chi connectivity index (χ0v) is 19.2. The summed E-state index contributed by atoms with van der Waals surface area (Å²) in [6.07, 6.45) is 4.48. The second-order valence-electron chi connectivity index (χ2n) is 8.08. The molecule has 1 saturated carbocycles. The van der Waals surface area contributed by atoms with E-state index in [1.807, 2.05) is 33.2 Å². The summed E-state index contributed by atoms with van der Waals surface area (Å²) in [7, 11) is 3.63. The van der Waals surface area contributed by atoms with E-state index in [4.69, 9.17) is 21.1 Å². The van der Waals surface area contributed by atoms with Crippen LogP contribution < -0.4 is 10.6 Å². The summed E-state index contributed by atoms with van der Waals surface area (Å²) < 4.78 is 5.36. The third-order valence-electron chi connectivity index (χ3n) is 5.49. The molecule has 0 unspecified atom stereocenters. The Morgan fingerprint density at radius 2 is 2.06 bits per heavy atom. The highest BCUT2D eigenvalue weighted by Crippen LogP contribution is 2.39. The number of guanidine groups is 1. The first kappa shape index (κ1) is 23.1. The Bertz CT molecular complexity index is 905. The fourth-order valence-electron chi connectivity index (χ4n) is 3.93. The summed E-state index contributed by atoms with van der Waals surface area (Å²) in [4.78, 5) is 23.6. The van der Waals surface area contributed by atoms with Crippen molar-refractivity contribution >= 4 is 23.5 Å². The van der Waals surface area contributed by atoms with Gasteiger partial charge >= 0.3 is 0 Å². The first-order chi connectivity index (χ1) is 14.9. The molecule has 0 aliphatic heterocycles. The molecule has 1 aliphatic rings. The quantitative estimate of drug-likeness (QED) is 0.477. The molecule has 0 saturated heterocycles. The van der Waals surface area contributed by atoms with E-state index in [1.165, 1.54) is 0 Å². The summed E-state index contributed by atoms with van der Waals surface area (Å²) in [5, 5.41) is 11.2. The average Bonchev–Trinajstić information content (AvgIpc) is 3.42. The second kappa shape index (κ2) is 10.6. The van der Waals surface area contributed by atoms with Gasteiger partial charge in [-0.2, -0.15) is 4.98 Å². The number of nitrogens with zero attached hydrogens (tertiary/aromatic N) is 4. The van der Waals surface area contributed by atoms with Crippen LogP contribution in [0.15, 0.2) is 33.8 Å². The van der Waals surface area contributed by atoms with E-state index >= 15 is 0 Å². The Balaban J connectivity index is 1.59. The van der Waals surface area contributed by atoms with Crippen molar-refractivity contribution < 1.29 is 9.32 Å². The van der Waals surface area contributed by atoms with E-state index in [9.17, 15) is 4.79 Å². The minimum absolute atomic E-state index is 0.170. The molecule has 168 valence electrons. The maximum Gasteiger partial charge on any atom is 0.230 e. The van der Waals surface area contributed by atoms with E-state index in [0.717, 1.165) is 37.8 Å². The Labute approximate surface area is 188 Å². The van der Waals surface area contributed by atoms with Crippen LogP contribution >= 0.6 is 11.6 Å². The van der Waals surface area contributed by atoms with Crippen LogP contribution in [0.3, 0.4) is 0 Å². The predicted octanol–water partition coefficient (Wildman–Crippen LogP) is 3.14. The predicted molar refractivity (Wildman–Crippen MR) is 122 cm³/mol. The molecule has 1 amide bonds. The number of benzene rings is 1. The summed E-state index contributed by atoms with van der Waals surface area (Å²) in [5.74, 6) is 1.91. The van der Waals surface area contributed by atoms with Gasteiger partial charge in [0.05, 0.1) is 12.0 Å². The van der Waals surface area contributed by atoms with Crippen LogP contribution in [0, 0.1) is 5.41 Å². The Kier molecular flexibility index (Phi) is 7.90. The molecule has 31 heavy (non-hydrogen) atoms. The highest BCUT2D eigenvalue weighted by molar-refractivity contribution is 6.30. The van der Waals surface area contributed by atoms with Gasteiger partial charge in [0, 0.05) is 44.2 Å². The minimum Gasteiger partial charge on any atom is -0.357 e. The van der Waals surface area contributed by atoms with Crippen LogP contribution in [-0.2, 0) is 11.2 Å². The first-order valence-corrected chi connectivity index (χ1v) is 11.1. The zero-order chi connectivity index (χ0) is 22.3. The molecule has 0 radical (unpaired) electrons. The van der Waals surface area contributed by atoms with Crippen molar-refractivity contribution in [3.05, 3.63) is 35.2 Å². The molecule has 2 aromatic rings. The monoisotopic (exact) mass is 446 g/mol. The van der Waals surface area contributed by atoms with Gasteiger partial charge in [-0.25, -0.2) is 0 Å². The number of aliphatic imine (C=N–C) groups is 1. The third kappa shape index (κ3) is 5.97. The summed E-state index contributed by atoms with van der Waals surface area (Å²) >= 11 is 6.03. The van der Waals surface area contributed by atoms with E-state index in [1.54, 1.807) is 17.0 Å². The van der Waals surface area contributed by atoms with Crippen molar-refractivity contribution in [3.8, 4) is 11.4 Å². The number of rotatable bonds is 8. The number of nitrogens with one attached hydrogen (secondary N) is 2. The molecule has 0 bridgehead atoms. The molecule has 8 nitrogen and oxygen atoms in total. The minimum atomic E-state index is -0.385. The molecule has 1 aromatic carbocycles. The normalized spacial score (nSPS) is 15.7. The van der Waals surface area contributed by atoms with Crippen molar-refractivity contribution in [2.24, 2.45) is 10.4 Å². The van der Waals surface area contributed by atoms with E-state index < -0.39 is 0 Å². The highest BCUT2D eigenvalue weighted by Gasteiger charge is 2.42. The Morgan fingerprint density at radius 1 is 1.29 bits per heavy atom. The van der Waals surface area contributed by atoms with Crippen molar-refractivity contribution in [3.63, 3.8) is 0 Å². The molecular formula is C22H31ClN6O2. The number of hydrogen-bond acceptors (Lipinski definition) is 5. The molecule has 1 aliphatic carbocycles. The number of carbonyl (C=O) groups is 1.